The molecule has 1 aromatic heterocycles. The lowest BCUT2D eigenvalue weighted by Gasteiger charge is -2.10. The Balaban J connectivity index is 1.95. The molecule has 2 aromatic rings. The molecule has 1 aromatic carbocycles. The highest BCUT2D eigenvalue weighted by Gasteiger charge is 2.08. The van der Waals surface area contributed by atoms with E-state index >= 15 is 0 Å². The first kappa shape index (κ1) is 11.6. The Hall–Kier alpha value is -0.910. The summed E-state index contributed by atoms with van der Waals surface area (Å²) in [6.07, 6.45) is 1.76. The fraction of sp³-hybridized carbons (Fsp3) is 0.182. The minimum Gasteiger partial charge on any atom is -0.323 e. The molecule has 0 aliphatic heterocycles. The van der Waals surface area contributed by atoms with Gasteiger partial charge in [0.05, 0.1) is 0 Å². The van der Waals surface area contributed by atoms with E-state index < -0.39 is 0 Å². The van der Waals surface area contributed by atoms with Gasteiger partial charge in [-0.25, -0.2) is 9.37 Å². The number of hydrogen-bond donors (Lipinski definition) is 1. The summed E-state index contributed by atoms with van der Waals surface area (Å²) in [5.74, 6) is 0.462. The molecule has 2 nitrogen and oxygen atoms in total. The van der Waals surface area contributed by atoms with Crippen LogP contribution in [0, 0.1) is 5.82 Å². The molecule has 0 radical (unpaired) electrons. The van der Waals surface area contributed by atoms with Crippen molar-refractivity contribution < 1.29 is 4.39 Å². The van der Waals surface area contributed by atoms with Crippen molar-refractivity contribution in [1.82, 2.24) is 4.98 Å². The predicted octanol–water partition coefficient (Wildman–Crippen LogP) is 3.07. The van der Waals surface area contributed by atoms with Gasteiger partial charge in [-0.3, -0.25) is 0 Å². The maximum absolute atomic E-state index is 13.0. The normalized spacial score (nSPS) is 12.6. The maximum Gasteiger partial charge on any atom is 0.149 e. The maximum atomic E-state index is 13.0. The van der Waals surface area contributed by atoms with E-state index in [2.05, 4.69) is 4.98 Å². The highest BCUT2D eigenvalue weighted by molar-refractivity contribution is 8.01. The lowest BCUT2D eigenvalue weighted by atomic mass is 10.1. The standard InChI is InChI=1S/C11H11FN2S2/c12-9-3-1-2-8(6-9)10(13)7-16-11-14-4-5-15-11/h1-6,10H,7,13H2. The van der Waals surface area contributed by atoms with Crippen LogP contribution in [0.4, 0.5) is 4.39 Å². The zero-order valence-corrected chi connectivity index (χ0v) is 10.1. The van der Waals surface area contributed by atoms with Crippen LogP contribution < -0.4 is 5.73 Å². The van der Waals surface area contributed by atoms with Gasteiger partial charge in [-0.1, -0.05) is 23.9 Å². The van der Waals surface area contributed by atoms with Crippen molar-refractivity contribution in [2.45, 2.75) is 10.4 Å². The van der Waals surface area contributed by atoms with Gasteiger partial charge < -0.3 is 5.73 Å². The third-order valence-corrected chi connectivity index (χ3v) is 4.16. The van der Waals surface area contributed by atoms with Crippen LogP contribution in [0.5, 0.6) is 0 Å². The van der Waals surface area contributed by atoms with Gasteiger partial charge in [0, 0.05) is 23.4 Å². The van der Waals surface area contributed by atoms with Gasteiger partial charge in [-0.2, -0.15) is 0 Å². The van der Waals surface area contributed by atoms with Gasteiger partial charge in [-0.15, -0.1) is 11.3 Å². The molecule has 1 heterocycles. The third kappa shape index (κ3) is 3.04. The van der Waals surface area contributed by atoms with Crippen LogP contribution in [-0.2, 0) is 0 Å². The number of benzene rings is 1. The Morgan fingerprint density at radius 1 is 1.50 bits per heavy atom. The van der Waals surface area contributed by atoms with Crippen molar-refractivity contribution >= 4 is 23.1 Å². The van der Waals surface area contributed by atoms with Crippen LogP contribution in [-0.4, -0.2) is 10.7 Å². The summed E-state index contributed by atoms with van der Waals surface area (Å²) in [5, 5.41) is 1.93. The number of thioether (sulfide) groups is 1. The fourth-order valence-electron chi connectivity index (χ4n) is 1.28. The molecule has 0 saturated carbocycles. The van der Waals surface area contributed by atoms with Gasteiger partial charge in [0.25, 0.3) is 0 Å². The lowest BCUT2D eigenvalue weighted by molar-refractivity contribution is 0.622. The van der Waals surface area contributed by atoms with E-state index in [1.165, 1.54) is 12.1 Å². The Labute approximate surface area is 102 Å². The molecule has 1 atom stereocenters. The van der Waals surface area contributed by atoms with Crippen molar-refractivity contribution in [2.24, 2.45) is 5.73 Å². The first-order valence-electron chi connectivity index (χ1n) is 4.79. The third-order valence-electron chi connectivity index (χ3n) is 2.07. The summed E-state index contributed by atoms with van der Waals surface area (Å²) in [6.45, 7) is 0. The number of aromatic nitrogens is 1. The second kappa shape index (κ2) is 5.43. The Morgan fingerprint density at radius 3 is 3.06 bits per heavy atom. The van der Waals surface area contributed by atoms with E-state index in [1.807, 2.05) is 11.4 Å². The average molecular weight is 254 g/mol. The van der Waals surface area contributed by atoms with Crippen molar-refractivity contribution in [2.75, 3.05) is 5.75 Å². The SMILES string of the molecule is NC(CSc1nccs1)c1cccc(F)c1. The number of halogens is 1. The number of nitrogens with two attached hydrogens (primary N) is 1. The summed E-state index contributed by atoms with van der Waals surface area (Å²) in [7, 11) is 0. The van der Waals surface area contributed by atoms with Crippen LogP contribution in [0.2, 0.25) is 0 Å². The zero-order chi connectivity index (χ0) is 11.4. The molecule has 5 heteroatoms. The second-order valence-corrected chi connectivity index (χ2v) is 5.43. The van der Waals surface area contributed by atoms with Crippen LogP contribution in [0.15, 0.2) is 40.2 Å². The average Bonchev–Trinajstić information content (AvgIpc) is 2.78. The van der Waals surface area contributed by atoms with Gasteiger partial charge >= 0.3 is 0 Å². The fourth-order valence-corrected chi connectivity index (χ4v) is 2.93. The molecule has 1 unspecified atom stereocenters. The number of thiazole rings is 1. The van der Waals surface area contributed by atoms with Crippen LogP contribution in [0.25, 0.3) is 0 Å². The molecule has 16 heavy (non-hydrogen) atoms. The molecule has 0 saturated heterocycles. The second-order valence-electron chi connectivity index (χ2n) is 3.27. The van der Waals surface area contributed by atoms with Crippen molar-refractivity contribution in [3.63, 3.8) is 0 Å². The van der Waals surface area contributed by atoms with Gasteiger partial charge in [0.2, 0.25) is 0 Å². The predicted molar refractivity (Wildman–Crippen MR) is 66.2 cm³/mol. The van der Waals surface area contributed by atoms with Crippen molar-refractivity contribution in [1.29, 1.82) is 0 Å². The summed E-state index contributed by atoms with van der Waals surface area (Å²) in [4.78, 5) is 4.15. The lowest BCUT2D eigenvalue weighted by Crippen LogP contribution is -2.13. The molecule has 0 spiro atoms. The van der Waals surface area contributed by atoms with Crippen LogP contribution in [0.1, 0.15) is 11.6 Å². The Kier molecular flexibility index (Phi) is 3.93. The van der Waals surface area contributed by atoms with E-state index in [4.69, 9.17) is 5.73 Å². The molecule has 0 fully saturated rings. The zero-order valence-electron chi connectivity index (χ0n) is 8.47. The van der Waals surface area contributed by atoms with Crippen LogP contribution >= 0.6 is 23.1 Å². The molecule has 84 valence electrons. The quantitative estimate of drug-likeness (QED) is 0.852. The number of nitrogens with zero attached hydrogens (tertiary/aromatic N) is 1. The summed E-state index contributed by atoms with van der Waals surface area (Å²) in [6, 6.07) is 6.26. The van der Waals surface area contributed by atoms with E-state index in [0.717, 1.165) is 9.90 Å². The van der Waals surface area contributed by atoms with Crippen molar-refractivity contribution in [3.8, 4) is 0 Å². The summed E-state index contributed by atoms with van der Waals surface area (Å²) in [5.41, 5.74) is 6.79. The van der Waals surface area contributed by atoms with Gasteiger partial charge in [-0.05, 0) is 17.7 Å². The molecular weight excluding hydrogens is 243 g/mol. The molecule has 0 amide bonds. The minimum atomic E-state index is -0.243. The largest absolute Gasteiger partial charge is 0.323 e. The first-order valence-corrected chi connectivity index (χ1v) is 6.65. The highest BCUT2D eigenvalue weighted by Crippen LogP contribution is 2.25. The molecule has 0 bridgehead atoms. The first-order chi connectivity index (χ1) is 7.75. The number of rotatable bonds is 4. The summed E-state index contributed by atoms with van der Waals surface area (Å²) < 4.78 is 14.0. The highest BCUT2D eigenvalue weighted by atomic mass is 32.2. The topological polar surface area (TPSA) is 38.9 Å². The monoisotopic (exact) mass is 254 g/mol. The molecule has 2 rings (SSSR count). The smallest absolute Gasteiger partial charge is 0.149 e. The molecule has 0 aliphatic rings. The number of hydrogen-bond acceptors (Lipinski definition) is 4. The minimum absolute atomic E-state index is 0.162. The molecule has 0 aliphatic carbocycles. The van der Waals surface area contributed by atoms with E-state index in [0.29, 0.717) is 5.75 Å². The van der Waals surface area contributed by atoms with Gasteiger partial charge in [0.15, 0.2) is 0 Å². The summed E-state index contributed by atoms with van der Waals surface area (Å²) >= 11 is 3.18. The Bertz CT molecular complexity index is 445. The van der Waals surface area contributed by atoms with E-state index in [-0.39, 0.29) is 11.9 Å². The Morgan fingerprint density at radius 2 is 2.38 bits per heavy atom. The van der Waals surface area contributed by atoms with Crippen LogP contribution in [0.3, 0.4) is 0 Å². The molecule has 2 N–H and O–H groups in total. The molecular formula is C11H11FN2S2. The van der Waals surface area contributed by atoms with Gasteiger partial charge in [0.1, 0.15) is 10.2 Å². The van der Waals surface area contributed by atoms with Crippen molar-refractivity contribution in [3.05, 3.63) is 47.2 Å². The van der Waals surface area contributed by atoms with E-state index in [1.54, 1.807) is 35.4 Å². The van der Waals surface area contributed by atoms with E-state index in [9.17, 15) is 4.39 Å².